The second-order valence-corrected chi connectivity index (χ2v) is 10.1. The maximum atomic E-state index is 13.7. The van der Waals surface area contributed by atoms with Gasteiger partial charge in [-0.05, 0) is 41.5 Å². The predicted molar refractivity (Wildman–Crippen MR) is 144 cm³/mol. The lowest BCUT2D eigenvalue weighted by atomic mass is 9.95. The smallest absolute Gasteiger partial charge is 0.165 e. The Hall–Kier alpha value is -3.64. The zero-order valence-corrected chi connectivity index (χ0v) is 21.6. The van der Waals surface area contributed by atoms with Crippen LogP contribution in [0.2, 0.25) is 0 Å². The van der Waals surface area contributed by atoms with E-state index in [0.29, 0.717) is 29.7 Å². The summed E-state index contributed by atoms with van der Waals surface area (Å²) in [5.41, 5.74) is 4.77. The van der Waals surface area contributed by atoms with E-state index >= 15 is 0 Å². The van der Waals surface area contributed by atoms with Crippen molar-refractivity contribution in [3.63, 3.8) is 0 Å². The number of rotatable bonds is 11. The summed E-state index contributed by atoms with van der Waals surface area (Å²) in [6.07, 6.45) is 3.61. The maximum absolute atomic E-state index is 13.7. The lowest BCUT2D eigenvalue weighted by Crippen LogP contribution is -2.11. The Labute approximate surface area is 217 Å². The second kappa shape index (κ2) is 11.6. The van der Waals surface area contributed by atoms with Crippen LogP contribution in [-0.2, 0) is 13.0 Å². The van der Waals surface area contributed by atoms with Crippen molar-refractivity contribution in [2.24, 2.45) is 5.92 Å². The zero-order chi connectivity index (χ0) is 26.5. The first-order chi connectivity index (χ1) is 17.8. The number of aliphatic hydroxyl groups is 1. The molecule has 192 valence electrons. The molecular formula is C31H33FN2O3. The second-order valence-electron chi connectivity index (χ2n) is 10.1. The van der Waals surface area contributed by atoms with Gasteiger partial charge in [0.1, 0.15) is 5.82 Å². The van der Waals surface area contributed by atoms with Crippen LogP contribution in [0.4, 0.5) is 4.39 Å². The van der Waals surface area contributed by atoms with Gasteiger partial charge in [0.25, 0.3) is 0 Å². The van der Waals surface area contributed by atoms with Gasteiger partial charge >= 0.3 is 0 Å². The van der Waals surface area contributed by atoms with E-state index < -0.39 is 5.82 Å². The molecule has 0 saturated carbocycles. The number of aryl methyl sites for hydroxylation is 1. The average molecular weight is 501 g/mol. The first kappa shape index (κ1) is 26.4. The highest BCUT2D eigenvalue weighted by Gasteiger charge is 2.25. The van der Waals surface area contributed by atoms with E-state index in [2.05, 4.69) is 23.4 Å². The summed E-state index contributed by atoms with van der Waals surface area (Å²) in [6.45, 7) is 6.50. The Morgan fingerprint density at radius 2 is 1.73 bits per heavy atom. The fourth-order valence-corrected chi connectivity index (χ4v) is 4.85. The number of halogens is 1. The Morgan fingerprint density at radius 1 is 0.973 bits per heavy atom. The summed E-state index contributed by atoms with van der Waals surface area (Å²) in [6, 6.07) is 17.0. The molecule has 0 aliphatic rings. The molecule has 0 bridgehead atoms. The first-order valence-corrected chi connectivity index (χ1v) is 12.7. The summed E-state index contributed by atoms with van der Waals surface area (Å²) < 4.78 is 15.8. The molecule has 0 unspecified atom stereocenters. The van der Waals surface area contributed by atoms with Crippen LogP contribution in [0.25, 0.3) is 10.9 Å². The summed E-state index contributed by atoms with van der Waals surface area (Å²) in [5, 5.41) is 10.2. The summed E-state index contributed by atoms with van der Waals surface area (Å²) in [7, 11) is 0. The fourth-order valence-electron chi connectivity index (χ4n) is 4.85. The van der Waals surface area contributed by atoms with E-state index in [0.717, 1.165) is 28.4 Å². The van der Waals surface area contributed by atoms with Crippen molar-refractivity contribution in [3.05, 3.63) is 101 Å². The molecule has 37 heavy (non-hydrogen) atoms. The number of aromatic nitrogens is 2. The molecule has 5 nitrogen and oxygen atoms in total. The Morgan fingerprint density at radius 3 is 2.41 bits per heavy atom. The van der Waals surface area contributed by atoms with Crippen molar-refractivity contribution in [1.29, 1.82) is 0 Å². The number of aliphatic hydroxyl groups excluding tert-OH is 1. The standard InChI is InChI=1S/C31H33FN2O3/c1-20(2)31-30(28(36)12-9-23-14-25(32)17-33-16-23)26-11-10-24(29(37)13-21(3)19-35)15-27(26)34(31)18-22-7-5-4-6-8-22/h4-8,10-11,14-17,20-21,35H,9,12-13,18-19H2,1-3H3/t21-/m1/s1. The molecule has 1 N–H and O–H groups in total. The topological polar surface area (TPSA) is 72.2 Å². The van der Waals surface area contributed by atoms with Gasteiger partial charge in [-0.25, -0.2) is 4.39 Å². The lowest BCUT2D eigenvalue weighted by molar-refractivity contribution is 0.0942. The molecule has 6 heteroatoms. The number of nitrogens with zero attached hydrogens (tertiary/aromatic N) is 2. The SMILES string of the molecule is CC(C)c1c(C(=O)CCc2cncc(F)c2)c2ccc(C(=O)C[C@@H](C)CO)cc2n1Cc1ccccc1. The minimum Gasteiger partial charge on any atom is -0.396 e. The number of ketones is 2. The number of hydrogen-bond donors (Lipinski definition) is 1. The molecule has 0 aliphatic heterocycles. The largest absolute Gasteiger partial charge is 0.396 e. The van der Waals surface area contributed by atoms with Crippen LogP contribution in [-0.4, -0.2) is 32.8 Å². The Kier molecular flexibility index (Phi) is 8.29. The van der Waals surface area contributed by atoms with Crippen LogP contribution in [0, 0.1) is 11.7 Å². The quantitative estimate of drug-likeness (QED) is 0.243. The van der Waals surface area contributed by atoms with Crippen LogP contribution in [0.1, 0.15) is 77.1 Å². The predicted octanol–water partition coefficient (Wildman–Crippen LogP) is 6.36. The van der Waals surface area contributed by atoms with Crippen molar-refractivity contribution >= 4 is 22.5 Å². The molecule has 2 heterocycles. The van der Waals surface area contributed by atoms with Gasteiger partial charge in [0.15, 0.2) is 11.6 Å². The third-order valence-electron chi connectivity index (χ3n) is 6.68. The first-order valence-electron chi connectivity index (χ1n) is 12.7. The number of pyridine rings is 1. The highest BCUT2D eigenvalue weighted by atomic mass is 19.1. The van der Waals surface area contributed by atoms with E-state index in [9.17, 15) is 19.1 Å². The van der Waals surface area contributed by atoms with Gasteiger partial charge in [-0.2, -0.15) is 0 Å². The van der Waals surface area contributed by atoms with Gasteiger partial charge in [-0.3, -0.25) is 14.6 Å². The van der Waals surface area contributed by atoms with E-state index in [1.54, 1.807) is 12.3 Å². The third-order valence-corrected chi connectivity index (χ3v) is 6.68. The van der Waals surface area contributed by atoms with Gasteiger partial charge in [-0.15, -0.1) is 0 Å². The van der Waals surface area contributed by atoms with Gasteiger partial charge in [0.2, 0.25) is 0 Å². The monoisotopic (exact) mass is 500 g/mol. The normalized spacial score (nSPS) is 12.3. The molecular weight excluding hydrogens is 467 g/mol. The molecule has 0 amide bonds. The molecule has 4 rings (SSSR count). The van der Waals surface area contributed by atoms with Crippen molar-refractivity contribution in [2.45, 2.75) is 52.5 Å². The fraction of sp³-hybridized carbons (Fsp3) is 0.323. The molecule has 1 atom stereocenters. The summed E-state index contributed by atoms with van der Waals surface area (Å²) in [4.78, 5) is 30.5. The van der Waals surface area contributed by atoms with Gasteiger partial charge in [0, 0.05) is 54.4 Å². The molecule has 4 aromatic rings. The van der Waals surface area contributed by atoms with Crippen LogP contribution >= 0.6 is 0 Å². The van der Waals surface area contributed by atoms with E-state index in [1.165, 1.54) is 6.07 Å². The molecule has 0 aliphatic carbocycles. The zero-order valence-electron chi connectivity index (χ0n) is 21.6. The van der Waals surface area contributed by atoms with Gasteiger partial charge in [-0.1, -0.05) is 63.2 Å². The summed E-state index contributed by atoms with van der Waals surface area (Å²) >= 11 is 0. The third kappa shape index (κ3) is 6.03. The van der Waals surface area contributed by atoms with E-state index in [1.807, 2.05) is 49.4 Å². The van der Waals surface area contributed by atoms with Crippen molar-refractivity contribution in [3.8, 4) is 0 Å². The summed E-state index contributed by atoms with van der Waals surface area (Å²) in [5.74, 6) is -0.536. The molecule has 0 spiro atoms. The number of benzene rings is 2. The Balaban J connectivity index is 1.81. The Bertz CT molecular complexity index is 1410. The van der Waals surface area contributed by atoms with Crippen LogP contribution in [0.15, 0.2) is 67.0 Å². The van der Waals surface area contributed by atoms with Crippen molar-refractivity contribution in [2.75, 3.05) is 6.61 Å². The van der Waals surface area contributed by atoms with Crippen molar-refractivity contribution in [1.82, 2.24) is 9.55 Å². The van der Waals surface area contributed by atoms with Gasteiger partial charge < -0.3 is 9.67 Å². The molecule has 0 saturated heterocycles. The number of hydrogen-bond acceptors (Lipinski definition) is 4. The van der Waals surface area contributed by atoms with E-state index in [4.69, 9.17) is 0 Å². The highest BCUT2D eigenvalue weighted by molar-refractivity contribution is 6.11. The van der Waals surface area contributed by atoms with Crippen LogP contribution in [0.3, 0.4) is 0 Å². The molecule has 2 aromatic carbocycles. The number of carbonyl (C=O) groups is 2. The average Bonchev–Trinajstić information content (AvgIpc) is 3.21. The number of Topliss-reactive ketones (excluding diaryl/α,β-unsaturated/α-hetero) is 2. The van der Waals surface area contributed by atoms with Crippen LogP contribution in [0.5, 0.6) is 0 Å². The maximum Gasteiger partial charge on any atom is 0.165 e. The van der Waals surface area contributed by atoms with Crippen LogP contribution < -0.4 is 0 Å². The lowest BCUT2D eigenvalue weighted by Gasteiger charge is -2.15. The minimum atomic E-state index is -0.417. The number of fused-ring (bicyclic) bond motifs is 1. The molecule has 2 aromatic heterocycles. The molecule has 0 radical (unpaired) electrons. The number of carbonyl (C=O) groups excluding carboxylic acids is 2. The highest BCUT2D eigenvalue weighted by Crippen LogP contribution is 2.34. The van der Waals surface area contributed by atoms with Gasteiger partial charge in [0.05, 0.1) is 11.7 Å². The molecule has 0 fully saturated rings. The van der Waals surface area contributed by atoms with E-state index in [-0.39, 0.29) is 42.9 Å². The minimum absolute atomic E-state index is 0.0160. The van der Waals surface area contributed by atoms with Crippen molar-refractivity contribution < 1.29 is 19.1 Å².